The van der Waals surface area contributed by atoms with Gasteiger partial charge in [-0.3, -0.25) is 19.1 Å². The average Bonchev–Trinajstić information content (AvgIpc) is 3.46. The molecule has 2 aliphatic heterocycles. The molecule has 152 valence electrons. The van der Waals surface area contributed by atoms with Crippen molar-refractivity contribution in [3.05, 3.63) is 42.5 Å². The third-order valence-electron chi connectivity index (χ3n) is 5.74. The van der Waals surface area contributed by atoms with Crippen LogP contribution < -0.4 is 19.7 Å². The highest BCUT2D eigenvalue weighted by Crippen LogP contribution is 2.42. The Labute approximate surface area is 172 Å². The first kappa shape index (κ1) is 17.3. The molecule has 0 spiro atoms. The Balaban J connectivity index is 1.28. The first-order valence-electron chi connectivity index (χ1n) is 10.2. The van der Waals surface area contributed by atoms with Gasteiger partial charge in [0, 0.05) is 17.8 Å². The number of carbonyl (C=O) groups is 2. The van der Waals surface area contributed by atoms with E-state index in [2.05, 4.69) is 10.3 Å². The number of ether oxygens (including phenoxy) is 2. The summed E-state index contributed by atoms with van der Waals surface area (Å²) in [6, 6.07) is 12.6. The van der Waals surface area contributed by atoms with Crippen LogP contribution >= 0.6 is 0 Å². The van der Waals surface area contributed by atoms with Crippen LogP contribution in [-0.4, -0.2) is 40.6 Å². The van der Waals surface area contributed by atoms with E-state index in [1.807, 2.05) is 28.8 Å². The Morgan fingerprint density at radius 1 is 1.10 bits per heavy atom. The van der Waals surface area contributed by atoms with Gasteiger partial charge in [0.1, 0.15) is 19.3 Å². The van der Waals surface area contributed by atoms with Crippen molar-refractivity contribution in [1.82, 2.24) is 9.55 Å². The van der Waals surface area contributed by atoms with Gasteiger partial charge in [0.15, 0.2) is 11.5 Å². The molecule has 1 aromatic heterocycles. The Hall–Kier alpha value is -3.55. The second-order valence-electron chi connectivity index (χ2n) is 7.84. The highest BCUT2D eigenvalue weighted by atomic mass is 16.6. The minimum atomic E-state index is -0.592. The molecule has 0 bridgehead atoms. The van der Waals surface area contributed by atoms with E-state index >= 15 is 0 Å². The van der Waals surface area contributed by atoms with Crippen LogP contribution in [0.15, 0.2) is 42.5 Å². The van der Waals surface area contributed by atoms with Crippen LogP contribution in [-0.2, 0) is 9.59 Å². The summed E-state index contributed by atoms with van der Waals surface area (Å²) in [5, 5.41) is 2.89. The van der Waals surface area contributed by atoms with E-state index in [9.17, 15) is 9.59 Å². The highest BCUT2D eigenvalue weighted by Gasteiger charge is 2.47. The number of nitrogens with one attached hydrogen (secondary N) is 1. The molecule has 2 aromatic carbocycles. The van der Waals surface area contributed by atoms with Gasteiger partial charge in [-0.25, -0.2) is 4.98 Å². The molecular weight excluding hydrogens is 384 g/mol. The maximum atomic E-state index is 13.2. The molecule has 3 aliphatic rings. The lowest BCUT2D eigenvalue weighted by Gasteiger charge is -2.19. The number of para-hydroxylation sites is 2. The lowest BCUT2D eigenvalue weighted by atomic mass is 10.1. The molecule has 1 N–H and O–H groups in total. The van der Waals surface area contributed by atoms with Gasteiger partial charge in [-0.05, 0) is 37.1 Å². The summed E-state index contributed by atoms with van der Waals surface area (Å²) in [5.74, 6) is 1.65. The molecule has 1 saturated carbocycles. The maximum Gasteiger partial charge on any atom is 0.253 e. The van der Waals surface area contributed by atoms with Gasteiger partial charge in [0.25, 0.3) is 5.91 Å². The second kappa shape index (κ2) is 6.48. The quantitative estimate of drug-likeness (QED) is 0.723. The molecule has 1 atom stereocenters. The fourth-order valence-electron chi connectivity index (χ4n) is 4.24. The van der Waals surface area contributed by atoms with Crippen molar-refractivity contribution < 1.29 is 19.1 Å². The molecule has 8 heteroatoms. The van der Waals surface area contributed by atoms with Gasteiger partial charge in [0.05, 0.1) is 17.5 Å². The number of benzene rings is 2. The Bertz CT molecular complexity index is 1180. The zero-order valence-electron chi connectivity index (χ0n) is 16.2. The normalized spacial score (nSPS) is 19.8. The molecule has 2 amide bonds. The summed E-state index contributed by atoms with van der Waals surface area (Å²) in [5.41, 5.74) is 2.33. The summed E-state index contributed by atoms with van der Waals surface area (Å²) in [6.07, 6.45) is 2.00. The average molecular weight is 404 g/mol. The predicted octanol–water partition coefficient (Wildman–Crippen LogP) is 2.89. The van der Waals surface area contributed by atoms with E-state index in [-0.39, 0.29) is 24.3 Å². The summed E-state index contributed by atoms with van der Waals surface area (Å²) in [4.78, 5) is 32.5. The van der Waals surface area contributed by atoms with Crippen LogP contribution in [0.5, 0.6) is 11.5 Å². The van der Waals surface area contributed by atoms with Crippen molar-refractivity contribution in [3.8, 4) is 11.5 Å². The second-order valence-corrected chi connectivity index (χ2v) is 7.84. The summed E-state index contributed by atoms with van der Waals surface area (Å²) < 4.78 is 13.0. The van der Waals surface area contributed by atoms with Crippen molar-refractivity contribution >= 4 is 34.5 Å². The molecule has 8 nitrogen and oxygen atoms in total. The topological polar surface area (TPSA) is 85.7 Å². The van der Waals surface area contributed by atoms with Gasteiger partial charge in [-0.15, -0.1) is 0 Å². The molecule has 30 heavy (non-hydrogen) atoms. The maximum absolute atomic E-state index is 13.2. The number of anilines is 2. The molecule has 0 saturated heterocycles. The zero-order chi connectivity index (χ0) is 20.2. The Morgan fingerprint density at radius 3 is 2.73 bits per heavy atom. The van der Waals surface area contributed by atoms with Gasteiger partial charge >= 0.3 is 0 Å². The zero-order valence-corrected chi connectivity index (χ0v) is 16.2. The Morgan fingerprint density at radius 2 is 1.90 bits per heavy atom. The van der Waals surface area contributed by atoms with E-state index in [0.29, 0.717) is 36.3 Å². The number of hydrogen-bond acceptors (Lipinski definition) is 5. The van der Waals surface area contributed by atoms with Gasteiger partial charge < -0.3 is 14.8 Å². The minimum absolute atomic E-state index is 0.0455. The number of amides is 2. The smallest absolute Gasteiger partial charge is 0.253 e. The molecule has 6 rings (SSSR count). The summed E-state index contributed by atoms with van der Waals surface area (Å²) in [6.45, 7) is 0.996. The van der Waals surface area contributed by atoms with Gasteiger partial charge in [-0.1, -0.05) is 12.1 Å². The van der Waals surface area contributed by atoms with Crippen molar-refractivity contribution in [2.24, 2.45) is 0 Å². The van der Waals surface area contributed by atoms with Crippen LogP contribution in [0.25, 0.3) is 11.0 Å². The van der Waals surface area contributed by atoms with Crippen molar-refractivity contribution in [1.29, 1.82) is 0 Å². The Kier molecular flexibility index (Phi) is 3.74. The number of fused-ring (bicyclic) bond motifs is 4. The van der Waals surface area contributed by atoms with Crippen LogP contribution in [0, 0.1) is 0 Å². The van der Waals surface area contributed by atoms with Crippen molar-refractivity contribution in [3.63, 3.8) is 0 Å². The van der Waals surface area contributed by atoms with E-state index in [0.717, 1.165) is 23.9 Å². The van der Waals surface area contributed by atoms with Crippen LogP contribution in [0.2, 0.25) is 0 Å². The minimum Gasteiger partial charge on any atom is -0.486 e. The first-order valence-corrected chi connectivity index (χ1v) is 10.2. The molecule has 1 aliphatic carbocycles. The molecule has 3 aromatic rings. The number of rotatable bonds is 4. The third kappa shape index (κ3) is 2.71. The van der Waals surface area contributed by atoms with E-state index in [1.54, 1.807) is 23.1 Å². The van der Waals surface area contributed by atoms with Crippen LogP contribution in [0.3, 0.4) is 0 Å². The molecule has 0 unspecified atom stereocenters. The molecule has 3 heterocycles. The van der Waals surface area contributed by atoms with Crippen LogP contribution in [0.1, 0.15) is 25.3 Å². The van der Waals surface area contributed by atoms with E-state index in [1.165, 1.54) is 0 Å². The largest absolute Gasteiger partial charge is 0.486 e. The lowest BCUT2D eigenvalue weighted by molar-refractivity contribution is -0.124. The SMILES string of the molecule is O=C(C[C@@H]1C(=O)N(C2CC2)c2nc3ccccc3n21)Nc1ccc2c(c1)OCCO2. The standard InChI is InChI=1S/C22H20N4O4/c27-20(23-13-5-8-18-19(11-13)30-10-9-29-18)12-17-21(28)25(14-6-7-14)22-24-15-3-1-2-4-16(15)26(17)22/h1-5,8,11,14,17H,6-7,9-10,12H2,(H,23,27)/t17-/m1/s1. The fourth-order valence-corrected chi connectivity index (χ4v) is 4.24. The molecular formula is C22H20N4O4. The van der Waals surface area contributed by atoms with Crippen LogP contribution in [0.4, 0.5) is 11.6 Å². The van der Waals surface area contributed by atoms with Gasteiger partial charge in [0.2, 0.25) is 11.9 Å². The van der Waals surface area contributed by atoms with E-state index < -0.39 is 6.04 Å². The highest BCUT2D eigenvalue weighted by molar-refractivity contribution is 6.05. The van der Waals surface area contributed by atoms with Crippen molar-refractivity contribution in [2.75, 3.05) is 23.4 Å². The fraction of sp³-hybridized carbons (Fsp3) is 0.318. The number of aromatic nitrogens is 2. The van der Waals surface area contributed by atoms with Crippen molar-refractivity contribution in [2.45, 2.75) is 31.3 Å². The number of hydrogen-bond donors (Lipinski definition) is 1. The molecule has 0 radical (unpaired) electrons. The first-order chi connectivity index (χ1) is 14.7. The number of nitrogens with zero attached hydrogens (tertiary/aromatic N) is 3. The number of carbonyl (C=O) groups excluding carboxylic acids is 2. The van der Waals surface area contributed by atoms with E-state index in [4.69, 9.17) is 9.47 Å². The summed E-state index contributed by atoms with van der Waals surface area (Å²) >= 11 is 0. The number of imidazole rings is 1. The molecule has 1 fully saturated rings. The monoisotopic (exact) mass is 404 g/mol. The summed E-state index contributed by atoms with van der Waals surface area (Å²) in [7, 11) is 0. The third-order valence-corrected chi connectivity index (χ3v) is 5.74. The lowest BCUT2D eigenvalue weighted by Crippen LogP contribution is -2.33. The predicted molar refractivity (Wildman–Crippen MR) is 110 cm³/mol. The van der Waals surface area contributed by atoms with Gasteiger partial charge in [-0.2, -0.15) is 0 Å².